The molecule has 0 saturated heterocycles. The van der Waals surface area contributed by atoms with E-state index in [2.05, 4.69) is 4.98 Å². The highest BCUT2D eigenvalue weighted by Crippen LogP contribution is 2.27. The average molecular weight is 252 g/mol. The van der Waals surface area contributed by atoms with Crippen molar-refractivity contribution in [3.63, 3.8) is 0 Å². The Hall–Kier alpha value is -0.890. The van der Waals surface area contributed by atoms with Crippen molar-refractivity contribution >= 4 is 17.4 Å². The summed E-state index contributed by atoms with van der Waals surface area (Å²) in [6.07, 6.45) is 10.8. The molecule has 92 valence electrons. The van der Waals surface area contributed by atoms with E-state index in [1.807, 2.05) is 6.07 Å². The molecule has 1 heterocycles. The van der Waals surface area contributed by atoms with Gasteiger partial charge in [0, 0.05) is 25.2 Å². The van der Waals surface area contributed by atoms with Gasteiger partial charge in [-0.05, 0) is 17.5 Å². The zero-order valence-corrected chi connectivity index (χ0v) is 10.7. The number of pyridine rings is 1. The molecule has 3 heteroatoms. The highest BCUT2D eigenvalue weighted by Gasteiger charge is 2.17. The molecule has 0 N–H and O–H groups in total. The van der Waals surface area contributed by atoms with Gasteiger partial charge >= 0.3 is 0 Å². The van der Waals surface area contributed by atoms with Crippen LogP contribution in [0.4, 0.5) is 0 Å². The van der Waals surface area contributed by atoms with Crippen molar-refractivity contribution in [2.24, 2.45) is 5.92 Å². The Bertz CT molecular complexity index is 386. The Morgan fingerprint density at radius 3 is 2.82 bits per heavy atom. The summed E-state index contributed by atoms with van der Waals surface area (Å²) in [5.74, 6) is 0.918. The van der Waals surface area contributed by atoms with Crippen molar-refractivity contribution in [2.75, 3.05) is 0 Å². The SMILES string of the molecule is O=C(Cc1ccncc1Cl)CC1CCCCC1. The van der Waals surface area contributed by atoms with Gasteiger partial charge in [0.25, 0.3) is 0 Å². The summed E-state index contributed by atoms with van der Waals surface area (Å²) in [6, 6.07) is 1.83. The summed E-state index contributed by atoms with van der Waals surface area (Å²) in [7, 11) is 0. The van der Waals surface area contributed by atoms with Crippen LogP contribution >= 0.6 is 11.6 Å². The molecule has 0 spiro atoms. The average Bonchev–Trinajstić information content (AvgIpc) is 2.33. The van der Waals surface area contributed by atoms with Crippen molar-refractivity contribution in [3.05, 3.63) is 29.0 Å². The summed E-state index contributed by atoms with van der Waals surface area (Å²) in [5, 5.41) is 0.601. The Morgan fingerprint density at radius 2 is 2.12 bits per heavy atom. The summed E-state index contributed by atoms with van der Waals surface area (Å²) >= 11 is 6.00. The van der Waals surface area contributed by atoms with Crippen LogP contribution in [0.3, 0.4) is 0 Å². The number of ketones is 1. The lowest BCUT2D eigenvalue weighted by Gasteiger charge is -2.20. The molecule has 0 bridgehead atoms. The molecular formula is C14H18ClNO. The van der Waals surface area contributed by atoms with Crippen molar-refractivity contribution in [2.45, 2.75) is 44.9 Å². The molecule has 17 heavy (non-hydrogen) atoms. The molecule has 1 aliphatic rings. The molecule has 0 unspecified atom stereocenters. The van der Waals surface area contributed by atoms with Crippen molar-refractivity contribution < 1.29 is 4.79 Å². The maximum Gasteiger partial charge on any atom is 0.137 e. The lowest BCUT2D eigenvalue weighted by atomic mass is 9.85. The molecule has 0 aromatic carbocycles. The predicted molar refractivity (Wildman–Crippen MR) is 69.2 cm³/mol. The Kier molecular flexibility index (Phi) is 4.55. The summed E-state index contributed by atoms with van der Waals surface area (Å²) < 4.78 is 0. The van der Waals surface area contributed by atoms with E-state index < -0.39 is 0 Å². The predicted octanol–water partition coefficient (Wildman–Crippen LogP) is 3.82. The van der Waals surface area contributed by atoms with Gasteiger partial charge in [-0.2, -0.15) is 0 Å². The fourth-order valence-corrected chi connectivity index (χ4v) is 2.73. The molecule has 2 rings (SSSR count). The van der Waals surface area contributed by atoms with E-state index in [-0.39, 0.29) is 0 Å². The molecule has 0 amide bonds. The minimum atomic E-state index is 0.310. The fraction of sp³-hybridized carbons (Fsp3) is 0.571. The zero-order valence-electron chi connectivity index (χ0n) is 9.99. The van der Waals surface area contributed by atoms with E-state index in [1.165, 1.54) is 32.1 Å². The van der Waals surface area contributed by atoms with Gasteiger partial charge in [0.05, 0.1) is 5.02 Å². The van der Waals surface area contributed by atoms with Crippen LogP contribution in [0.15, 0.2) is 18.5 Å². The lowest BCUT2D eigenvalue weighted by molar-refractivity contribution is -0.119. The Labute approximate surface area is 107 Å². The first kappa shape index (κ1) is 12.6. The molecule has 0 radical (unpaired) electrons. The zero-order chi connectivity index (χ0) is 12.1. The van der Waals surface area contributed by atoms with Gasteiger partial charge in [0.15, 0.2) is 0 Å². The number of hydrogen-bond donors (Lipinski definition) is 0. The van der Waals surface area contributed by atoms with E-state index in [0.29, 0.717) is 23.1 Å². The van der Waals surface area contributed by atoms with E-state index in [4.69, 9.17) is 11.6 Å². The minimum absolute atomic E-state index is 0.310. The van der Waals surface area contributed by atoms with Crippen LogP contribution in [0.2, 0.25) is 5.02 Å². The number of carbonyl (C=O) groups excluding carboxylic acids is 1. The number of aromatic nitrogens is 1. The van der Waals surface area contributed by atoms with Gasteiger partial charge in [-0.15, -0.1) is 0 Å². The van der Waals surface area contributed by atoms with Crippen molar-refractivity contribution in [1.29, 1.82) is 0 Å². The van der Waals surface area contributed by atoms with Gasteiger partial charge in [0.2, 0.25) is 0 Å². The second kappa shape index (κ2) is 6.15. The molecule has 1 aromatic rings. The number of halogens is 1. The Morgan fingerprint density at radius 1 is 1.35 bits per heavy atom. The van der Waals surface area contributed by atoms with Crippen LogP contribution in [0.5, 0.6) is 0 Å². The maximum absolute atomic E-state index is 12.0. The van der Waals surface area contributed by atoms with E-state index in [1.54, 1.807) is 12.4 Å². The standard InChI is InChI=1S/C14H18ClNO/c15-14-10-16-7-6-12(14)9-13(17)8-11-4-2-1-3-5-11/h6-7,10-11H,1-5,8-9H2. The van der Waals surface area contributed by atoms with Crippen molar-refractivity contribution in [3.8, 4) is 0 Å². The number of hydrogen-bond acceptors (Lipinski definition) is 2. The summed E-state index contributed by atoms with van der Waals surface area (Å²) in [4.78, 5) is 15.9. The molecule has 0 aliphatic heterocycles. The van der Waals surface area contributed by atoms with Crippen LogP contribution < -0.4 is 0 Å². The smallest absolute Gasteiger partial charge is 0.137 e. The fourth-order valence-electron chi connectivity index (χ4n) is 2.55. The number of Topliss-reactive ketones (excluding diaryl/α,β-unsaturated/α-hetero) is 1. The highest BCUT2D eigenvalue weighted by molar-refractivity contribution is 6.31. The quantitative estimate of drug-likeness (QED) is 0.814. The van der Waals surface area contributed by atoms with E-state index in [0.717, 1.165) is 12.0 Å². The molecule has 1 saturated carbocycles. The molecule has 1 fully saturated rings. The van der Waals surface area contributed by atoms with E-state index >= 15 is 0 Å². The third kappa shape index (κ3) is 3.81. The second-order valence-corrected chi connectivity index (χ2v) is 5.30. The molecule has 0 atom stereocenters. The van der Waals surface area contributed by atoms with Gasteiger partial charge < -0.3 is 0 Å². The van der Waals surface area contributed by atoms with Crippen LogP contribution in [-0.2, 0) is 11.2 Å². The molecule has 2 nitrogen and oxygen atoms in total. The van der Waals surface area contributed by atoms with Gasteiger partial charge in [-0.3, -0.25) is 9.78 Å². The molecule has 1 aromatic heterocycles. The monoisotopic (exact) mass is 251 g/mol. The largest absolute Gasteiger partial charge is 0.299 e. The second-order valence-electron chi connectivity index (χ2n) is 4.89. The number of nitrogens with zero attached hydrogens (tertiary/aromatic N) is 1. The van der Waals surface area contributed by atoms with Gasteiger partial charge in [-0.1, -0.05) is 43.7 Å². The Balaban J connectivity index is 1.86. The molecule has 1 aliphatic carbocycles. The first-order chi connectivity index (χ1) is 8.25. The van der Waals surface area contributed by atoms with Crippen LogP contribution in [0.25, 0.3) is 0 Å². The topological polar surface area (TPSA) is 30.0 Å². The molecular weight excluding hydrogens is 234 g/mol. The normalized spacial score (nSPS) is 17.0. The van der Waals surface area contributed by atoms with Gasteiger partial charge in [0.1, 0.15) is 5.78 Å². The van der Waals surface area contributed by atoms with E-state index in [9.17, 15) is 4.79 Å². The first-order valence-corrected chi connectivity index (χ1v) is 6.73. The van der Waals surface area contributed by atoms with Crippen LogP contribution in [-0.4, -0.2) is 10.8 Å². The summed E-state index contributed by atoms with van der Waals surface area (Å²) in [5.41, 5.74) is 0.905. The number of rotatable bonds is 4. The third-order valence-corrected chi connectivity index (χ3v) is 3.83. The first-order valence-electron chi connectivity index (χ1n) is 6.36. The minimum Gasteiger partial charge on any atom is -0.299 e. The maximum atomic E-state index is 12.0. The summed E-state index contributed by atoms with van der Waals surface area (Å²) in [6.45, 7) is 0. The van der Waals surface area contributed by atoms with Crippen LogP contribution in [0.1, 0.15) is 44.1 Å². The highest BCUT2D eigenvalue weighted by atomic mass is 35.5. The van der Waals surface area contributed by atoms with Crippen LogP contribution in [0, 0.1) is 5.92 Å². The third-order valence-electron chi connectivity index (χ3n) is 3.49. The lowest BCUT2D eigenvalue weighted by Crippen LogP contribution is -2.13. The van der Waals surface area contributed by atoms with Gasteiger partial charge in [-0.25, -0.2) is 0 Å². The van der Waals surface area contributed by atoms with Crippen molar-refractivity contribution in [1.82, 2.24) is 4.98 Å². The number of carbonyl (C=O) groups is 1.